The lowest BCUT2D eigenvalue weighted by atomic mass is 9.33. The lowest BCUT2D eigenvalue weighted by molar-refractivity contribution is 0.590. The number of hydrogen-bond donors (Lipinski definition) is 0. The first-order chi connectivity index (χ1) is 34.1. The normalized spacial score (nSPS) is 13.7. The van der Waals surface area contributed by atoms with Crippen molar-refractivity contribution in [3.63, 3.8) is 0 Å². The molecule has 0 spiro atoms. The molecule has 0 bridgehead atoms. The SMILES string of the molecule is CC(C)c1cccc2c1oc1c(N(c3ccccc3)c3cc4c5c(c3)N(c3ccc(C(C)(C)C)cc3)c3ccc(C(C)(C)C)cc3B5c3cc(C(C)(C)C)ccc3N4c3ccc(C(C)(C)C)cc3)cccc12. The molecule has 72 heavy (non-hydrogen) atoms. The summed E-state index contributed by atoms with van der Waals surface area (Å²) in [5.74, 6) is 0.307. The highest BCUT2D eigenvalue weighted by Gasteiger charge is 2.45. The number of nitrogens with zero attached hydrogens (tertiary/aromatic N) is 3. The molecular formula is C67H70BN3O. The van der Waals surface area contributed by atoms with E-state index in [1.165, 1.54) is 55.6 Å². The number of benzene rings is 8. The van der Waals surface area contributed by atoms with Crippen LogP contribution in [0.15, 0.2) is 168 Å². The largest absolute Gasteiger partial charge is 0.454 e. The summed E-state index contributed by atoms with van der Waals surface area (Å²) in [5.41, 5.74) is 22.2. The summed E-state index contributed by atoms with van der Waals surface area (Å²) in [6.45, 7) is 32.3. The fourth-order valence-corrected chi connectivity index (χ4v) is 11.3. The quantitative estimate of drug-likeness (QED) is 0.155. The van der Waals surface area contributed by atoms with Crippen molar-refractivity contribution in [2.75, 3.05) is 14.7 Å². The second-order valence-corrected chi connectivity index (χ2v) is 24.9. The molecule has 0 aliphatic carbocycles. The standard InChI is InChI=1S/C67H70BN3O/c1-42(2)51-22-18-23-52-53-24-19-25-58(63(53)72-62(51)52)69(47-20-16-15-17-21-47)50-40-59-61-60(41-50)71(49-34-28-44(29-35-49)65(6,7)8)57-37-31-46(67(12,13)14)39-55(57)68(61)54-38-45(66(9,10)11)30-36-56(54)70(59)48-32-26-43(27-33-48)64(3,4)5/h15-42H,1-14H3. The Morgan fingerprint density at radius 3 is 1.32 bits per heavy atom. The lowest BCUT2D eigenvalue weighted by Crippen LogP contribution is -2.61. The molecule has 2 aliphatic rings. The van der Waals surface area contributed by atoms with Gasteiger partial charge in [-0.2, -0.15) is 0 Å². The van der Waals surface area contributed by atoms with Gasteiger partial charge in [-0.15, -0.1) is 0 Å². The van der Waals surface area contributed by atoms with E-state index in [0.29, 0.717) is 5.92 Å². The number of anilines is 9. The van der Waals surface area contributed by atoms with E-state index in [2.05, 4.69) is 275 Å². The molecule has 0 amide bonds. The van der Waals surface area contributed by atoms with E-state index in [-0.39, 0.29) is 28.4 Å². The maximum absolute atomic E-state index is 7.16. The Bertz CT molecular complexity index is 3390. The summed E-state index contributed by atoms with van der Waals surface area (Å²) in [5, 5.41) is 2.25. The van der Waals surface area contributed by atoms with Crippen LogP contribution in [-0.4, -0.2) is 6.71 Å². The minimum absolute atomic E-state index is 0.00538. The van der Waals surface area contributed by atoms with E-state index in [1.54, 1.807) is 0 Å². The Kier molecular flexibility index (Phi) is 11.1. The van der Waals surface area contributed by atoms with Crippen LogP contribution >= 0.6 is 0 Å². The van der Waals surface area contributed by atoms with Gasteiger partial charge in [-0.3, -0.25) is 0 Å². The van der Waals surface area contributed by atoms with E-state index in [4.69, 9.17) is 4.42 Å². The maximum atomic E-state index is 7.16. The lowest BCUT2D eigenvalue weighted by Gasteiger charge is -2.45. The molecular weight excluding hydrogens is 874 g/mol. The van der Waals surface area contributed by atoms with Gasteiger partial charge in [-0.05, 0) is 139 Å². The molecule has 2 aliphatic heterocycles. The first-order valence-electron chi connectivity index (χ1n) is 26.2. The summed E-state index contributed by atoms with van der Waals surface area (Å²) in [6.07, 6.45) is 0. The summed E-state index contributed by atoms with van der Waals surface area (Å²) < 4.78 is 7.16. The molecule has 0 atom stereocenters. The smallest absolute Gasteiger partial charge is 0.252 e. The average molecular weight is 944 g/mol. The van der Waals surface area contributed by atoms with Gasteiger partial charge in [0, 0.05) is 50.6 Å². The Morgan fingerprint density at radius 1 is 0.417 bits per heavy atom. The van der Waals surface area contributed by atoms with Crippen LogP contribution in [0.3, 0.4) is 0 Å². The summed E-state index contributed by atoms with van der Waals surface area (Å²) in [4.78, 5) is 7.56. The van der Waals surface area contributed by atoms with Crippen molar-refractivity contribution in [3.05, 3.63) is 192 Å². The monoisotopic (exact) mass is 944 g/mol. The molecule has 0 fully saturated rings. The Labute approximate surface area is 429 Å². The Morgan fingerprint density at radius 2 is 0.861 bits per heavy atom. The summed E-state index contributed by atoms with van der Waals surface area (Å²) >= 11 is 0. The predicted molar refractivity (Wildman–Crippen MR) is 311 cm³/mol. The van der Waals surface area contributed by atoms with Crippen LogP contribution in [0.1, 0.15) is 131 Å². The number of furan rings is 1. The van der Waals surface area contributed by atoms with Gasteiger partial charge in [0.25, 0.3) is 6.71 Å². The van der Waals surface area contributed by atoms with Crippen molar-refractivity contribution in [1.29, 1.82) is 0 Å². The second-order valence-electron chi connectivity index (χ2n) is 24.9. The van der Waals surface area contributed by atoms with E-state index >= 15 is 0 Å². The zero-order valence-corrected chi connectivity index (χ0v) is 45.0. The van der Waals surface area contributed by atoms with Crippen LogP contribution in [0.5, 0.6) is 0 Å². The summed E-state index contributed by atoms with van der Waals surface area (Å²) in [6, 6.07) is 62.4. The van der Waals surface area contributed by atoms with Crippen molar-refractivity contribution in [2.45, 2.75) is 125 Å². The summed E-state index contributed by atoms with van der Waals surface area (Å²) in [7, 11) is 0. The van der Waals surface area contributed by atoms with E-state index in [9.17, 15) is 0 Å². The first kappa shape index (κ1) is 47.4. The van der Waals surface area contributed by atoms with Gasteiger partial charge < -0.3 is 19.1 Å². The third-order valence-electron chi connectivity index (χ3n) is 15.4. The third-order valence-corrected chi connectivity index (χ3v) is 15.4. The molecule has 11 rings (SSSR count). The highest BCUT2D eigenvalue weighted by Crippen LogP contribution is 2.51. The van der Waals surface area contributed by atoms with E-state index in [1.807, 2.05) is 0 Å². The molecule has 0 N–H and O–H groups in total. The van der Waals surface area contributed by atoms with Gasteiger partial charge in [0.05, 0.1) is 11.4 Å². The maximum Gasteiger partial charge on any atom is 0.252 e. The molecule has 8 aromatic carbocycles. The van der Waals surface area contributed by atoms with Gasteiger partial charge in [0.15, 0.2) is 5.58 Å². The highest BCUT2D eigenvalue weighted by atomic mass is 16.3. The van der Waals surface area contributed by atoms with Crippen molar-refractivity contribution < 1.29 is 4.42 Å². The van der Waals surface area contributed by atoms with Crippen molar-refractivity contribution >= 4 is 96.2 Å². The zero-order chi connectivity index (χ0) is 50.8. The second kappa shape index (κ2) is 16.8. The van der Waals surface area contributed by atoms with Crippen LogP contribution in [0.2, 0.25) is 0 Å². The van der Waals surface area contributed by atoms with Crippen LogP contribution in [0, 0.1) is 0 Å². The molecule has 5 heteroatoms. The van der Waals surface area contributed by atoms with Gasteiger partial charge in [-0.25, -0.2) is 0 Å². The van der Waals surface area contributed by atoms with E-state index < -0.39 is 0 Å². The molecule has 0 radical (unpaired) electrons. The van der Waals surface area contributed by atoms with Crippen molar-refractivity contribution in [3.8, 4) is 0 Å². The third kappa shape index (κ3) is 7.91. The van der Waals surface area contributed by atoms with Crippen LogP contribution in [0.4, 0.5) is 51.2 Å². The Hall–Kier alpha value is -6.98. The van der Waals surface area contributed by atoms with E-state index in [0.717, 1.165) is 61.8 Å². The molecule has 1 aromatic heterocycles. The van der Waals surface area contributed by atoms with Crippen molar-refractivity contribution in [1.82, 2.24) is 0 Å². The molecule has 0 saturated heterocycles. The number of hydrogen-bond acceptors (Lipinski definition) is 4. The van der Waals surface area contributed by atoms with Crippen molar-refractivity contribution in [2.24, 2.45) is 0 Å². The number of fused-ring (bicyclic) bond motifs is 7. The van der Waals surface area contributed by atoms with Crippen LogP contribution in [0.25, 0.3) is 21.9 Å². The number of rotatable bonds is 6. The van der Waals surface area contributed by atoms with Gasteiger partial charge >= 0.3 is 0 Å². The first-order valence-corrected chi connectivity index (χ1v) is 26.2. The average Bonchev–Trinajstić information content (AvgIpc) is 3.73. The zero-order valence-electron chi connectivity index (χ0n) is 45.0. The molecule has 362 valence electrons. The molecule has 0 saturated carbocycles. The fraction of sp³-hybridized carbons (Fsp3) is 0.284. The fourth-order valence-electron chi connectivity index (χ4n) is 11.3. The van der Waals surface area contributed by atoms with Gasteiger partial charge in [-0.1, -0.05) is 194 Å². The number of para-hydroxylation sites is 3. The predicted octanol–water partition coefficient (Wildman–Crippen LogP) is 17.5. The van der Waals surface area contributed by atoms with Crippen LogP contribution in [-0.2, 0) is 21.7 Å². The van der Waals surface area contributed by atoms with Gasteiger partial charge in [0.2, 0.25) is 0 Å². The van der Waals surface area contributed by atoms with Gasteiger partial charge in [0.1, 0.15) is 5.58 Å². The highest BCUT2D eigenvalue weighted by molar-refractivity contribution is 7.00. The molecule has 9 aromatic rings. The molecule has 0 unspecified atom stereocenters. The molecule has 4 nitrogen and oxygen atoms in total. The van der Waals surface area contributed by atoms with Crippen LogP contribution < -0.4 is 31.1 Å². The molecule has 3 heterocycles. The topological polar surface area (TPSA) is 22.9 Å². The minimum Gasteiger partial charge on any atom is -0.454 e. The minimum atomic E-state index is -0.0590. The Balaban J connectivity index is 1.28.